The summed E-state index contributed by atoms with van der Waals surface area (Å²) in [6.45, 7) is 1.33. The molecule has 0 aromatic heterocycles. The molecule has 2 unspecified atom stereocenters. The van der Waals surface area contributed by atoms with Gasteiger partial charge < -0.3 is 10.2 Å². The number of fused-ring (bicyclic) bond motifs is 2. The number of rotatable bonds is 6. The molecule has 0 aliphatic carbocycles. The Bertz CT molecular complexity index is 1270. The summed E-state index contributed by atoms with van der Waals surface area (Å²) < 4.78 is 0. The highest BCUT2D eigenvalue weighted by Gasteiger charge is 2.44. The summed E-state index contributed by atoms with van der Waals surface area (Å²) in [5, 5.41) is 5.25. The van der Waals surface area contributed by atoms with Gasteiger partial charge in [-0.15, -0.1) is 0 Å². The van der Waals surface area contributed by atoms with Gasteiger partial charge in [-0.3, -0.25) is 34.2 Å². The first-order valence-corrected chi connectivity index (χ1v) is 12.3. The Kier molecular flexibility index (Phi) is 6.30. The Labute approximate surface area is 208 Å². The van der Waals surface area contributed by atoms with Crippen LogP contribution in [0, 0.1) is 0 Å². The average Bonchev–Trinajstić information content (AvgIpc) is 3.11. The molecule has 36 heavy (non-hydrogen) atoms. The fraction of sp³-hybridized carbons (Fsp3) is 0.370. The standard InChI is InChI=1S/C27H28N4O5/c1-30-14-12-18(17-6-2-3-7-21(17)30)24(33)28-13-4-5-16-8-9-19-20(15-16)27(36)31(26(19)35)22-10-11-23(32)29-25(22)34/h2-3,6-9,15,18,22H,4-5,10-14H2,1H3,(H,28,33)(H,29,32,34). The molecule has 3 aliphatic heterocycles. The third kappa shape index (κ3) is 4.25. The zero-order valence-electron chi connectivity index (χ0n) is 20.1. The summed E-state index contributed by atoms with van der Waals surface area (Å²) in [5.41, 5.74) is 3.55. The fourth-order valence-corrected chi connectivity index (χ4v) is 5.30. The van der Waals surface area contributed by atoms with Crippen LogP contribution in [0.3, 0.4) is 0 Å². The zero-order valence-corrected chi connectivity index (χ0v) is 20.1. The van der Waals surface area contributed by atoms with Crippen molar-refractivity contribution in [2.75, 3.05) is 25.0 Å². The second kappa shape index (κ2) is 9.56. The molecule has 5 rings (SSSR count). The highest BCUT2D eigenvalue weighted by atomic mass is 16.2. The van der Waals surface area contributed by atoms with Crippen molar-refractivity contribution in [1.29, 1.82) is 0 Å². The van der Waals surface area contributed by atoms with E-state index in [2.05, 4.69) is 15.5 Å². The van der Waals surface area contributed by atoms with Crippen LogP contribution < -0.4 is 15.5 Å². The van der Waals surface area contributed by atoms with Crippen LogP contribution in [0.25, 0.3) is 0 Å². The van der Waals surface area contributed by atoms with E-state index in [4.69, 9.17) is 0 Å². The highest BCUT2D eigenvalue weighted by molar-refractivity contribution is 6.23. The highest BCUT2D eigenvalue weighted by Crippen LogP contribution is 2.34. The normalized spacial score (nSPS) is 21.2. The number of aryl methyl sites for hydroxylation is 1. The minimum Gasteiger partial charge on any atom is -0.374 e. The Morgan fingerprint density at radius 2 is 1.81 bits per heavy atom. The second-order valence-corrected chi connectivity index (χ2v) is 9.54. The summed E-state index contributed by atoms with van der Waals surface area (Å²) in [7, 11) is 2.03. The molecule has 0 saturated carbocycles. The molecular weight excluding hydrogens is 460 g/mol. The molecular formula is C27H28N4O5. The number of nitrogens with one attached hydrogen (secondary N) is 2. The number of para-hydroxylation sites is 1. The van der Waals surface area contributed by atoms with E-state index in [1.165, 1.54) is 0 Å². The Balaban J connectivity index is 1.18. The van der Waals surface area contributed by atoms with Crippen LogP contribution in [0.15, 0.2) is 42.5 Å². The molecule has 9 heteroatoms. The monoisotopic (exact) mass is 488 g/mol. The predicted octanol–water partition coefficient (Wildman–Crippen LogP) is 1.76. The number of hydrogen-bond acceptors (Lipinski definition) is 6. The number of amides is 5. The molecule has 0 radical (unpaired) electrons. The van der Waals surface area contributed by atoms with Gasteiger partial charge in [-0.1, -0.05) is 24.3 Å². The molecule has 9 nitrogen and oxygen atoms in total. The summed E-state index contributed by atoms with van der Waals surface area (Å²) in [6, 6.07) is 12.1. The van der Waals surface area contributed by atoms with E-state index in [1.54, 1.807) is 18.2 Å². The molecule has 2 atom stereocenters. The van der Waals surface area contributed by atoms with E-state index in [0.717, 1.165) is 34.7 Å². The SMILES string of the molecule is CN1CCC(C(=O)NCCCc2ccc3c(c2)C(=O)N(C2CCC(=O)NC2=O)C3=O)c2ccccc21. The second-order valence-electron chi connectivity index (χ2n) is 9.54. The Morgan fingerprint density at radius 1 is 1.03 bits per heavy atom. The van der Waals surface area contributed by atoms with Crippen LogP contribution in [0.5, 0.6) is 0 Å². The molecule has 5 amide bonds. The minimum absolute atomic E-state index is 0.0187. The molecule has 3 aliphatic rings. The minimum atomic E-state index is -0.974. The quantitative estimate of drug-likeness (QED) is 0.473. The largest absolute Gasteiger partial charge is 0.374 e. The van der Waals surface area contributed by atoms with E-state index in [0.29, 0.717) is 19.4 Å². The van der Waals surface area contributed by atoms with Crippen molar-refractivity contribution in [3.05, 3.63) is 64.7 Å². The number of hydrogen-bond donors (Lipinski definition) is 2. The average molecular weight is 489 g/mol. The number of anilines is 1. The van der Waals surface area contributed by atoms with Gasteiger partial charge in [-0.2, -0.15) is 0 Å². The number of benzene rings is 2. The number of imide groups is 2. The topological polar surface area (TPSA) is 116 Å². The maximum atomic E-state index is 13.0. The molecule has 0 spiro atoms. The molecule has 0 bridgehead atoms. The van der Waals surface area contributed by atoms with Crippen LogP contribution in [-0.2, 0) is 20.8 Å². The van der Waals surface area contributed by atoms with E-state index < -0.39 is 29.7 Å². The van der Waals surface area contributed by atoms with Gasteiger partial charge in [0.05, 0.1) is 17.0 Å². The van der Waals surface area contributed by atoms with Crippen LogP contribution >= 0.6 is 0 Å². The van der Waals surface area contributed by atoms with Crippen LogP contribution in [0.1, 0.15) is 63.4 Å². The van der Waals surface area contributed by atoms with Gasteiger partial charge >= 0.3 is 0 Å². The van der Waals surface area contributed by atoms with Crippen LogP contribution in [0.4, 0.5) is 5.69 Å². The van der Waals surface area contributed by atoms with Crippen LogP contribution in [-0.4, -0.2) is 60.6 Å². The first-order chi connectivity index (χ1) is 17.3. The van der Waals surface area contributed by atoms with Crippen molar-refractivity contribution in [3.63, 3.8) is 0 Å². The summed E-state index contributed by atoms with van der Waals surface area (Å²) in [6.07, 6.45) is 2.29. The van der Waals surface area contributed by atoms with Gasteiger partial charge in [0.25, 0.3) is 11.8 Å². The summed E-state index contributed by atoms with van der Waals surface area (Å²) in [4.78, 5) is 65.5. The predicted molar refractivity (Wildman–Crippen MR) is 132 cm³/mol. The number of piperidine rings is 1. The molecule has 3 heterocycles. The van der Waals surface area contributed by atoms with Crippen molar-refractivity contribution in [2.24, 2.45) is 0 Å². The lowest BCUT2D eigenvalue weighted by molar-refractivity contribution is -0.136. The molecule has 186 valence electrons. The van der Waals surface area contributed by atoms with Gasteiger partial charge in [0.1, 0.15) is 6.04 Å². The Hall–Kier alpha value is -4.01. The van der Waals surface area contributed by atoms with Gasteiger partial charge in [-0.25, -0.2) is 0 Å². The lowest BCUT2D eigenvalue weighted by Gasteiger charge is -2.32. The first-order valence-electron chi connectivity index (χ1n) is 12.3. The maximum absolute atomic E-state index is 13.0. The van der Waals surface area contributed by atoms with Crippen molar-refractivity contribution < 1.29 is 24.0 Å². The molecule has 2 aromatic rings. The third-order valence-corrected chi connectivity index (χ3v) is 7.24. The van der Waals surface area contributed by atoms with Gasteiger partial charge in [-0.05, 0) is 55.0 Å². The van der Waals surface area contributed by atoms with Gasteiger partial charge in [0.2, 0.25) is 17.7 Å². The third-order valence-electron chi connectivity index (χ3n) is 7.24. The molecule has 2 aromatic carbocycles. The van der Waals surface area contributed by atoms with Gasteiger partial charge in [0.15, 0.2) is 0 Å². The van der Waals surface area contributed by atoms with E-state index in [1.807, 2.05) is 31.3 Å². The van der Waals surface area contributed by atoms with E-state index >= 15 is 0 Å². The van der Waals surface area contributed by atoms with Crippen molar-refractivity contribution >= 4 is 35.2 Å². The lowest BCUT2D eigenvalue weighted by Crippen LogP contribution is -2.54. The molecule has 1 fully saturated rings. The zero-order chi connectivity index (χ0) is 25.4. The van der Waals surface area contributed by atoms with Crippen molar-refractivity contribution in [2.45, 2.75) is 44.1 Å². The number of carbonyl (C=O) groups is 5. The lowest BCUT2D eigenvalue weighted by atomic mass is 9.89. The summed E-state index contributed by atoms with van der Waals surface area (Å²) >= 11 is 0. The Morgan fingerprint density at radius 3 is 2.61 bits per heavy atom. The fourth-order valence-electron chi connectivity index (χ4n) is 5.30. The van der Waals surface area contributed by atoms with E-state index in [9.17, 15) is 24.0 Å². The first kappa shape index (κ1) is 23.7. The molecule has 2 N–H and O–H groups in total. The maximum Gasteiger partial charge on any atom is 0.262 e. The van der Waals surface area contributed by atoms with Crippen molar-refractivity contribution in [3.8, 4) is 0 Å². The number of nitrogens with zero attached hydrogens (tertiary/aromatic N) is 2. The van der Waals surface area contributed by atoms with Gasteiger partial charge in [0, 0.05) is 32.2 Å². The summed E-state index contributed by atoms with van der Waals surface area (Å²) in [5.74, 6) is -2.20. The number of carbonyl (C=O) groups excluding carboxylic acids is 5. The smallest absolute Gasteiger partial charge is 0.262 e. The van der Waals surface area contributed by atoms with Crippen LogP contribution in [0.2, 0.25) is 0 Å². The molecule has 1 saturated heterocycles. The van der Waals surface area contributed by atoms with E-state index in [-0.39, 0.29) is 35.8 Å². The van der Waals surface area contributed by atoms with Crippen molar-refractivity contribution in [1.82, 2.24) is 15.5 Å².